The molecule has 3 aromatic rings. The first-order chi connectivity index (χ1) is 16.2. The molecule has 0 radical (unpaired) electrons. The zero-order valence-electron chi connectivity index (χ0n) is 19.7. The van der Waals surface area contributed by atoms with Crippen molar-refractivity contribution in [3.05, 3.63) is 77.4 Å². The lowest BCUT2D eigenvalue weighted by atomic mass is 9.87. The second-order valence-electron chi connectivity index (χ2n) is 9.95. The molecule has 2 aliphatic heterocycles. The molecule has 1 N–H and O–H groups in total. The van der Waals surface area contributed by atoms with Gasteiger partial charge in [0, 0.05) is 36.4 Å². The summed E-state index contributed by atoms with van der Waals surface area (Å²) in [6, 6.07) is 22.6. The average Bonchev–Trinajstić information content (AvgIpc) is 3.35. The quantitative estimate of drug-likeness (QED) is 0.596. The molecule has 2 heterocycles. The number of nitrogens with one attached hydrogen (secondary N) is 1. The van der Waals surface area contributed by atoms with Gasteiger partial charge >= 0.3 is 0 Å². The molecule has 1 aliphatic carbocycles. The van der Waals surface area contributed by atoms with E-state index in [-0.39, 0.29) is 11.9 Å². The van der Waals surface area contributed by atoms with Crippen molar-refractivity contribution in [2.45, 2.75) is 56.7 Å². The van der Waals surface area contributed by atoms with Crippen LogP contribution in [-0.4, -0.2) is 37.0 Å². The number of hydrogen-bond donors (Lipinski definition) is 1. The van der Waals surface area contributed by atoms with Crippen LogP contribution in [-0.2, 0) is 16.8 Å². The first-order valence-electron chi connectivity index (χ1n) is 12.5. The molecule has 33 heavy (non-hydrogen) atoms. The minimum atomic E-state index is -0.578. The predicted molar refractivity (Wildman–Crippen MR) is 135 cm³/mol. The highest BCUT2D eigenvalue weighted by Crippen LogP contribution is 2.46. The number of piperidine rings is 1. The van der Waals surface area contributed by atoms with Gasteiger partial charge in [0.25, 0.3) is 5.91 Å². The van der Waals surface area contributed by atoms with Crippen molar-refractivity contribution in [1.29, 1.82) is 0 Å². The van der Waals surface area contributed by atoms with Crippen LogP contribution in [0.1, 0.15) is 55.3 Å². The Morgan fingerprint density at radius 1 is 1.00 bits per heavy atom. The molecule has 0 spiro atoms. The molecule has 0 saturated carbocycles. The summed E-state index contributed by atoms with van der Waals surface area (Å²) in [6.07, 6.45) is 4.95. The molecular weight excluding hydrogens is 406 g/mol. The molecule has 1 amide bonds. The number of hydrogen-bond acceptors (Lipinski definition) is 3. The Hall–Kier alpha value is -2.69. The summed E-state index contributed by atoms with van der Waals surface area (Å²) >= 11 is 0. The van der Waals surface area contributed by atoms with E-state index < -0.39 is 5.54 Å². The van der Waals surface area contributed by atoms with Gasteiger partial charge in [-0.25, -0.2) is 0 Å². The highest BCUT2D eigenvalue weighted by atomic mass is 16.2. The molecule has 2 unspecified atom stereocenters. The van der Waals surface area contributed by atoms with Gasteiger partial charge in [0.1, 0.15) is 5.54 Å². The minimum absolute atomic E-state index is 0.240. The summed E-state index contributed by atoms with van der Waals surface area (Å²) in [7, 11) is 1.94. The molecule has 3 aliphatic rings. The van der Waals surface area contributed by atoms with Gasteiger partial charge in [0.15, 0.2) is 0 Å². The fourth-order valence-corrected chi connectivity index (χ4v) is 6.82. The number of likely N-dealkylation sites (N-methyl/N-ethyl adjacent to an activating group) is 1. The number of carbonyl (C=O) groups is 1. The number of para-hydroxylation sites is 1. The van der Waals surface area contributed by atoms with Gasteiger partial charge in [-0.1, -0.05) is 67.9 Å². The van der Waals surface area contributed by atoms with Crippen LogP contribution in [0.4, 0.5) is 5.69 Å². The highest BCUT2D eigenvalue weighted by molar-refractivity contribution is 6.08. The van der Waals surface area contributed by atoms with E-state index in [1.165, 1.54) is 21.9 Å². The molecule has 3 aromatic carbocycles. The van der Waals surface area contributed by atoms with Crippen LogP contribution < -0.4 is 10.2 Å². The smallest absolute Gasteiger partial charge is 0.252 e. The molecule has 1 fully saturated rings. The number of likely N-dealkylation sites (tertiary alicyclic amines) is 1. The maximum absolute atomic E-state index is 13.9. The number of fused-ring (bicyclic) bond motifs is 1. The highest BCUT2D eigenvalue weighted by Gasteiger charge is 2.51. The van der Waals surface area contributed by atoms with Crippen LogP contribution in [0, 0.1) is 0 Å². The first kappa shape index (κ1) is 20.9. The third-order valence-electron chi connectivity index (χ3n) is 8.36. The topological polar surface area (TPSA) is 35.6 Å². The van der Waals surface area contributed by atoms with Gasteiger partial charge < -0.3 is 10.2 Å². The maximum atomic E-state index is 13.9. The van der Waals surface area contributed by atoms with Gasteiger partial charge in [-0.05, 0) is 60.7 Å². The number of anilines is 1. The third kappa shape index (κ3) is 3.00. The first-order valence-corrected chi connectivity index (χ1v) is 12.5. The van der Waals surface area contributed by atoms with Gasteiger partial charge in [0.05, 0.1) is 0 Å². The number of nitrogens with zero attached hydrogens (tertiary/aromatic N) is 2. The summed E-state index contributed by atoms with van der Waals surface area (Å²) in [5, 5.41) is 6.26. The van der Waals surface area contributed by atoms with Gasteiger partial charge in [-0.3, -0.25) is 9.69 Å². The summed E-state index contributed by atoms with van der Waals surface area (Å²) in [5.74, 6) is 0.240. The predicted octanol–water partition coefficient (Wildman–Crippen LogP) is 5.16. The zero-order valence-corrected chi connectivity index (χ0v) is 19.7. The van der Waals surface area contributed by atoms with Crippen molar-refractivity contribution < 1.29 is 4.79 Å². The normalized spacial score (nSPS) is 25.2. The van der Waals surface area contributed by atoms with E-state index in [1.807, 2.05) is 7.05 Å². The van der Waals surface area contributed by atoms with Crippen LogP contribution in [0.5, 0.6) is 0 Å². The van der Waals surface area contributed by atoms with E-state index in [4.69, 9.17) is 0 Å². The van der Waals surface area contributed by atoms with Crippen molar-refractivity contribution >= 4 is 22.4 Å². The molecule has 4 nitrogen and oxygen atoms in total. The summed E-state index contributed by atoms with van der Waals surface area (Å²) < 4.78 is 0. The van der Waals surface area contributed by atoms with Crippen molar-refractivity contribution in [2.24, 2.45) is 0 Å². The Morgan fingerprint density at radius 2 is 1.76 bits per heavy atom. The number of carbonyl (C=O) groups excluding carboxylic acids is 1. The van der Waals surface area contributed by atoms with Crippen molar-refractivity contribution in [3.63, 3.8) is 0 Å². The molecule has 4 heteroatoms. The Morgan fingerprint density at radius 3 is 2.52 bits per heavy atom. The van der Waals surface area contributed by atoms with E-state index in [0.717, 1.165) is 56.4 Å². The zero-order chi connectivity index (χ0) is 22.6. The summed E-state index contributed by atoms with van der Waals surface area (Å²) in [4.78, 5) is 18.7. The SMILES string of the molecule is CCCC1(NC)C(=O)N(C2CCN(C3Cc4cccc5cccc3c45)CC2)c2ccccc21. The van der Waals surface area contributed by atoms with E-state index in [1.54, 1.807) is 0 Å². The fraction of sp³-hybridized carbons (Fsp3) is 0.414. The van der Waals surface area contributed by atoms with Gasteiger partial charge in [0.2, 0.25) is 0 Å². The van der Waals surface area contributed by atoms with E-state index in [0.29, 0.717) is 6.04 Å². The molecule has 2 atom stereocenters. The van der Waals surface area contributed by atoms with Crippen LogP contribution in [0.15, 0.2) is 60.7 Å². The van der Waals surface area contributed by atoms with Gasteiger partial charge in [-0.15, -0.1) is 0 Å². The Balaban J connectivity index is 1.24. The standard InChI is InChI=1S/C29H33N3O/c1-3-16-29(30-2)24-12-4-5-13-25(24)32(28(29)33)22-14-17-31(18-15-22)26-19-21-10-6-8-20-9-7-11-23(26)27(20)21/h4-13,22,26,30H,3,14-19H2,1-2H3. The number of rotatable bonds is 5. The van der Waals surface area contributed by atoms with Crippen LogP contribution in [0.25, 0.3) is 10.8 Å². The Kier molecular flexibility index (Phi) is 5.04. The second kappa shape index (κ2) is 7.96. The molecule has 170 valence electrons. The van der Waals surface area contributed by atoms with Crippen molar-refractivity contribution in [1.82, 2.24) is 10.2 Å². The lowest BCUT2D eigenvalue weighted by Crippen LogP contribution is -2.54. The maximum Gasteiger partial charge on any atom is 0.252 e. The fourth-order valence-electron chi connectivity index (χ4n) is 6.82. The molecule has 6 rings (SSSR count). The second-order valence-corrected chi connectivity index (χ2v) is 9.95. The molecule has 0 aromatic heterocycles. The van der Waals surface area contributed by atoms with E-state index >= 15 is 0 Å². The Bertz CT molecular complexity index is 1210. The minimum Gasteiger partial charge on any atom is -0.307 e. The van der Waals surface area contributed by atoms with Crippen LogP contribution in [0.3, 0.4) is 0 Å². The van der Waals surface area contributed by atoms with E-state index in [9.17, 15) is 4.79 Å². The lowest BCUT2D eigenvalue weighted by Gasteiger charge is -2.40. The largest absolute Gasteiger partial charge is 0.307 e. The van der Waals surface area contributed by atoms with E-state index in [2.05, 4.69) is 82.7 Å². The lowest BCUT2D eigenvalue weighted by molar-refractivity contribution is -0.125. The van der Waals surface area contributed by atoms with Gasteiger partial charge in [-0.2, -0.15) is 0 Å². The molecule has 1 saturated heterocycles. The van der Waals surface area contributed by atoms with Crippen LogP contribution in [0.2, 0.25) is 0 Å². The number of benzene rings is 3. The monoisotopic (exact) mass is 439 g/mol. The number of amides is 1. The Labute approximate surface area is 196 Å². The average molecular weight is 440 g/mol. The van der Waals surface area contributed by atoms with Crippen LogP contribution >= 0.6 is 0 Å². The summed E-state index contributed by atoms with van der Waals surface area (Å²) in [6.45, 7) is 4.23. The van der Waals surface area contributed by atoms with Crippen molar-refractivity contribution in [3.8, 4) is 0 Å². The van der Waals surface area contributed by atoms with Crippen molar-refractivity contribution in [2.75, 3.05) is 25.0 Å². The third-order valence-corrected chi connectivity index (χ3v) is 8.36. The molecular formula is C29H33N3O. The summed E-state index contributed by atoms with van der Waals surface area (Å²) in [5.41, 5.74) is 4.66. The molecule has 0 bridgehead atoms.